The Kier molecular flexibility index (Phi) is 6.25. The third-order valence-corrected chi connectivity index (χ3v) is 3.16. The summed E-state index contributed by atoms with van der Waals surface area (Å²) in [7, 11) is 0. The number of nitrogens with zero attached hydrogens (tertiary/aromatic N) is 2. The first-order valence-corrected chi connectivity index (χ1v) is 6.96. The summed E-state index contributed by atoms with van der Waals surface area (Å²) in [5.74, 6) is 0.332. The molecule has 4 heteroatoms. The normalized spacial score (nSPS) is 18.9. The number of halogens is 1. The molecule has 0 aromatic carbocycles. The van der Waals surface area contributed by atoms with Crippen LogP contribution in [0.4, 0.5) is 0 Å². The minimum absolute atomic E-state index is 0.332. The van der Waals surface area contributed by atoms with E-state index in [0.717, 1.165) is 50.9 Å². The predicted molar refractivity (Wildman–Crippen MR) is 66.3 cm³/mol. The molecule has 0 atom stereocenters. The lowest BCUT2D eigenvalue weighted by molar-refractivity contribution is -0.131. The molecule has 1 saturated heterocycles. The highest BCUT2D eigenvalue weighted by molar-refractivity contribution is 9.09. The minimum atomic E-state index is 0.332. The van der Waals surface area contributed by atoms with Gasteiger partial charge in [-0.3, -0.25) is 4.79 Å². The molecule has 88 valence electrons. The SMILES string of the molecule is CCCC(=O)N1CCCN(CCBr)CC1. The lowest BCUT2D eigenvalue weighted by Gasteiger charge is -2.21. The van der Waals surface area contributed by atoms with Crippen molar-refractivity contribution in [1.29, 1.82) is 0 Å². The van der Waals surface area contributed by atoms with Crippen LogP contribution in [0.5, 0.6) is 0 Å². The van der Waals surface area contributed by atoms with Gasteiger partial charge in [0.1, 0.15) is 0 Å². The van der Waals surface area contributed by atoms with Crippen molar-refractivity contribution in [2.24, 2.45) is 0 Å². The predicted octanol–water partition coefficient (Wildman–Crippen LogP) is 1.72. The summed E-state index contributed by atoms with van der Waals surface area (Å²) in [6.07, 6.45) is 2.78. The zero-order valence-electron chi connectivity index (χ0n) is 9.54. The van der Waals surface area contributed by atoms with Crippen LogP contribution in [0, 0.1) is 0 Å². The van der Waals surface area contributed by atoms with Crippen LogP contribution in [0.3, 0.4) is 0 Å². The van der Waals surface area contributed by atoms with E-state index in [1.807, 2.05) is 4.90 Å². The molecule has 15 heavy (non-hydrogen) atoms. The number of alkyl halides is 1. The summed E-state index contributed by atoms with van der Waals surface area (Å²) in [5.41, 5.74) is 0. The first kappa shape index (κ1) is 13.0. The molecule has 1 fully saturated rings. The quantitative estimate of drug-likeness (QED) is 0.730. The molecule has 1 rings (SSSR count). The summed E-state index contributed by atoms with van der Waals surface area (Å²) in [6.45, 7) is 7.16. The van der Waals surface area contributed by atoms with Gasteiger partial charge in [0.15, 0.2) is 0 Å². The van der Waals surface area contributed by atoms with Crippen LogP contribution < -0.4 is 0 Å². The summed E-state index contributed by atoms with van der Waals surface area (Å²) < 4.78 is 0. The molecular formula is C11H21BrN2O. The average molecular weight is 277 g/mol. The van der Waals surface area contributed by atoms with Crippen LogP contribution in [0.2, 0.25) is 0 Å². The van der Waals surface area contributed by atoms with Crippen LogP contribution in [0.25, 0.3) is 0 Å². The highest BCUT2D eigenvalue weighted by Gasteiger charge is 2.17. The Morgan fingerprint density at radius 2 is 2.07 bits per heavy atom. The van der Waals surface area contributed by atoms with Crippen molar-refractivity contribution >= 4 is 21.8 Å². The fourth-order valence-corrected chi connectivity index (χ4v) is 2.44. The van der Waals surface area contributed by atoms with Crippen molar-refractivity contribution in [2.45, 2.75) is 26.2 Å². The average Bonchev–Trinajstić information content (AvgIpc) is 2.44. The number of rotatable bonds is 4. The third-order valence-electron chi connectivity index (χ3n) is 2.81. The Labute approximate surface area is 101 Å². The molecule has 0 spiro atoms. The monoisotopic (exact) mass is 276 g/mol. The van der Waals surface area contributed by atoms with Crippen molar-refractivity contribution in [2.75, 3.05) is 38.1 Å². The van der Waals surface area contributed by atoms with Crippen molar-refractivity contribution in [3.05, 3.63) is 0 Å². The second-order valence-corrected chi connectivity index (χ2v) is 4.81. The molecule has 0 aromatic rings. The molecule has 0 unspecified atom stereocenters. The van der Waals surface area contributed by atoms with Gasteiger partial charge in [-0.2, -0.15) is 0 Å². The third kappa shape index (κ3) is 4.51. The molecule has 1 aliphatic rings. The zero-order chi connectivity index (χ0) is 11.1. The largest absolute Gasteiger partial charge is 0.341 e. The topological polar surface area (TPSA) is 23.6 Å². The number of carbonyl (C=O) groups excluding carboxylic acids is 1. The Balaban J connectivity index is 2.35. The molecule has 0 bridgehead atoms. The van der Waals surface area contributed by atoms with Gasteiger partial charge < -0.3 is 9.80 Å². The second-order valence-electron chi connectivity index (χ2n) is 4.01. The highest BCUT2D eigenvalue weighted by Crippen LogP contribution is 2.06. The van der Waals surface area contributed by atoms with Crippen LogP contribution in [0.1, 0.15) is 26.2 Å². The number of amides is 1. The van der Waals surface area contributed by atoms with Crippen LogP contribution in [0.15, 0.2) is 0 Å². The van der Waals surface area contributed by atoms with E-state index in [-0.39, 0.29) is 0 Å². The van der Waals surface area contributed by atoms with E-state index in [0.29, 0.717) is 12.3 Å². The summed E-state index contributed by atoms with van der Waals surface area (Å²) in [4.78, 5) is 16.2. The summed E-state index contributed by atoms with van der Waals surface area (Å²) in [6, 6.07) is 0. The first-order valence-electron chi connectivity index (χ1n) is 5.84. The van der Waals surface area contributed by atoms with Gasteiger partial charge in [-0.05, 0) is 19.4 Å². The Hall–Kier alpha value is -0.0900. The standard InChI is InChI=1S/C11H21BrN2O/c1-2-4-11(15)14-7-3-6-13(8-5-12)9-10-14/h2-10H2,1H3. The first-order chi connectivity index (χ1) is 7.27. The Bertz CT molecular complexity index is 199. The van der Waals surface area contributed by atoms with E-state index < -0.39 is 0 Å². The van der Waals surface area contributed by atoms with Gasteiger partial charge in [0.2, 0.25) is 5.91 Å². The maximum absolute atomic E-state index is 11.7. The van der Waals surface area contributed by atoms with E-state index in [4.69, 9.17) is 0 Å². The van der Waals surface area contributed by atoms with Gasteiger partial charge in [-0.25, -0.2) is 0 Å². The fraction of sp³-hybridized carbons (Fsp3) is 0.909. The molecule has 0 radical (unpaired) electrons. The van der Waals surface area contributed by atoms with Crippen LogP contribution in [-0.2, 0) is 4.79 Å². The van der Waals surface area contributed by atoms with E-state index >= 15 is 0 Å². The highest BCUT2D eigenvalue weighted by atomic mass is 79.9. The lowest BCUT2D eigenvalue weighted by atomic mass is 10.3. The van der Waals surface area contributed by atoms with E-state index in [1.54, 1.807) is 0 Å². The molecule has 3 nitrogen and oxygen atoms in total. The molecule has 0 aromatic heterocycles. The van der Waals surface area contributed by atoms with E-state index in [1.165, 1.54) is 0 Å². The number of hydrogen-bond acceptors (Lipinski definition) is 2. The number of carbonyl (C=O) groups is 1. The Morgan fingerprint density at radius 1 is 1.27 bits per heavy atom. The summed E-state index contributed by atoms with van der Waals surface area (Å²) >= 11 is 3.46. The molecule has 0 saturated carbocycles. The molecule has 0 N–H and O–H groups in total. The van der Waals surface area contributed by atoms with Gasteiger partial charge in [0.05, 0.1) is 0 Å². The Morgan fingerprint density at radius 3 is 2.73 bits per heavy atom. The van der Waals surface area contributed by atoms with Crippen molar-refractivity contribution < 1.29 is 4.79 Å². The minimum Gasteiger partial charge on any atom is -0.341 e. The molecular weight excluding hydrogens is 256 g/mol. The van der Waals surface area contributed by atoms with Crippen LogP contribution in [-0.4, -0.2) is 53.8 Å². The maximum Gasteiger partial charge on any atom is 0.222 e. The van der Waals surface area contributed by atoms with Crippen LogP contribution >= 0.6 is 15.9 Å². The zero-order valence-corrected chi connectivity index (χ0v) is 11.1. The molecule has 0 aliphatic carbocycles. The van der Waals surface area contributed by atoms with Gasteiger partial charge in [-0.1, -0.05) is 22.9 Å². The van der Waals surface area contributed by atoms with E-state index in [9.17, 15) is 4.79 Å². The lowest BCUT2D eigenvalue weighted by Crippen LogP contribution is -2.35. The molecule has 1 aliphatic heterocycles. The summed E-state index contributed by atoms with van der Waals surface area (Å²) in [5, 5.41) is 1.02. The van der Waals surface area contributed by atoms with Crippen molar-refractivity contribution in [3.63, 3.8) is 0 Å². The van der Waals surface area contributed by atoms with Crippen molar-refractivity contribution in [3.8, 4) is 0 Å². The fourth-order valence-electron chi connectivity index (χ4n) is 1.94. The van der Waals surface area contributed by atoms with Gasteiger partial charge in [0, 0.05) is 37.9 Å². The second kappa shape index (κ2) is 7.23. The molecule has 1 amide bonds. The van der Waals surface area contributed by atoms with Gasteiger partial charge in [-0.15, -0.1) is 0 Å². The smallest absolute Gasteiger partial charge is 0.222 e. The number of hydrogen-bond donors (Lipinski definition) is 0. The van der Waals surface area contributed by atoms with Gasteiger partial charge in [0.25, 0.3) is 0 Å². The molecule has 1 heterocycles. The van der Waals surface area contributed by atoms with Crippen molar-refractivity contribution in [1.82, 2.24) is 9.80 Å². The maximum atomic E-state index is 11.7. The van der Waals surface area contributed by atoms with E-state index in [2.05, 4.69) is 27.8 Å². The van der Waals surface area contributed by atoms with Gasteiger partial charge >= 0.3 is 0 Å².